The zero-order valence-electron chi connectivity index (χ0n) is 75.4. The Hall–Kier alpha value is -7.08. The Morgan fingerprint density at radius 3 is 1.09 bits per heavy atom. The number of hydrogen-bond acceptors (Lipinski definition) is 35. The normalized spacial score (nSPS) is 10.5. The van der Waals surface area contributed by atoms with Crippen molar-refractivity contribution in [3.05, 3.63) is 150 Å². The highest BCUT2D eigenvalue weighted by atomic mass is 35.5. The summed E-state index contributed by atoms with van der Waals surface area (Å²) in [7, 11) is -10.7. The van der Waals surface area contributed by atoms with E-state index in [2.05, 4.69) is 150 Å². The zero-order valence-corrected chi connectivity index (χ0v) is 87.6. The molecule has 0 atom stereocenters. The second kappa shape index (κ2) is 67.1. The highest BCUT2D eigenvalue weighted by Crippen LogP contribution is 2.34. The van der Waals surface area contributed by atoms with Gasteiger partial charge in [-0.15, -0.1) is 0 Å². The summed E-state index contributed by atoms with van der Waals surface area (Å²) in [4.78, 5) is 64.2. The summed E-state index contributed by atoms with van der Waals surface area (Å²) in [6.07, 6.45) is 21.6. The summed E-state index contributed by atoms with van der Waals surface area (Å²) in [6.45, 7) is 46.5. The van der Waals surface area contributed by atoms with Crippen LogP contribution >= 0.6 is 145 Å². The van der Waals surface area contributed by atoms with E-state index in [1.54, 1.807) is 97.7 Å². The lowest BCUT2D eigenvalue weighted by atomic mass is 10.3. The molecule has 0 saturated carbocycles. The topological polar surface area (TPSA) is 543 Å². The van der Waals surface area contributed by atoms with Crippen LogP contribution in [0.3, 0.4) is 0 Å². The van der Waals surface area contributed by atoms with Crippen LogP contribution in [-0.2, 0) is 29.5 Å². The average molecular weight is 2100 g/mol. The van der Waals surface area contributed by atoms with Gasteiger partial charge in [0.25, 0.3) is 5.03 Å². The molecular weight excluding hydrogens is 1970 g/mol. The van der Waals surface area contributed by atoms with Gasteiger partial charge in [0.1, 0.15) is 42.2 Å². The van der Waals surface area contributed by atoms with E-state index in [1.807, 2.05) is 96.9 Å². The number of hydrogen-bond donors (Lipinski definition) is 8. The van der Waals surface area contributed by atoms with Gasteiger partial charge in [-0.25, -0.2) is 40.2 Å². The first-order chi connectivity index (χ1) is 58.1. The van der Waals surface area contributed by atoms with Gasteiger partial charge in [0.05, 0.1) is 81.6 Å². The molecular formula is C72H127Cl6N25O16S9. The van der Waals surface area contributed by atoms with Crippen LogP contribution in [0.4, 0.5) is 45.6 Å². The molecule has 0 amide bonds. The summed E-state index contributed by atoms with van der Waals surface area (Å²) in [5.74, 6) is 1.05. The van der Waals surface area contributed by atoms with Crippen LogP contribution in [0.1, 0.15) is 224 Å². The average Bonchev–Trinajstić information content (AvgIpc) is 1.76. The number of halogens is 6. The summed E-state index contributed by atoms with van der Waals surface area (Å²) >= 11 is 53.0. The van der Waals surface area contributed by atoms with E-state index in [-0.39, 0.29) is 126 Å². The van der Waals surface area contributed by atoms with Crippen LogP contribution in [0.15, 0.2) is 88.3 Å². The highest BCUT2D eigenvalue weighted by Gasteiger charge is 2.34. The molecule has 0 unspecified atom stereocenters. The molecule has 9 aromatic rings. The lowest BCUT2D eigenvalue weighted by molar-refractivity contribution is -0.388. The Bertz CT molecular complexity index is 5040. The predicted molar refractivity (Wildman–Crippen MR) is 535 cm³/mol. The first kappa shape index (κ1) is 134. The van der Waals surface area contributed by atoms with Gasteiger partial charge in [0.15, 0.2) is 21.0 Å². The predicted octanol–water partition coefficient (Wildman–Crippen LogP) is 21.7. The molecule has 0 aromatic carbocycles. The Morgan fingerprint density at radius 2 is 0.766 bits per heavy atom. The van der Waals surface area contributed by atoms with Crippen molar-refractivity contribution in [1.29, 1.82) is 0 Å². The minimum atomic E-state index is -3.74. The number of thioether (sulfide) groups is 1. The van der Waals surface area contributed by atoms with E-state index in [9.17, 15) is 75.8 Å². The summed E-state index contributed by atoms with van der Waals surface area (Å²) in [6, 6.07) is 0.356. The van der Waals surface area contributed by atoms with Crippen LogP contribution in [0, 0.1) is 56.5 Å². The number of rotatable bonds is 21. The standard InChI is InChI=1S/C13H17Cl2N5O2S.C9H15N3O4S.C9H15N3O2S.C9H17N3O2S.C6H8ClN3O2.C6H9N3O2.C4HCl3N2.C4H10.C3H3N3O2.C3H8S.4CH4S.2CH4/c1-7(2)20-6-10(12(19-20)23(21,22)8(3)4)17-11-9(14)5-16-13(15)18-11;1-6(2)11-5-8(12(13)14)9(10-11)17(15,16)7(3)4;1-6(2)11-5-8(12(13)14)9(10-11)15-7(3)4;1-6(2)12-5-8(10)9(11-12)15(13,14)7(3)4;1-4(2)9-3-5(10(11)12)6(7)8-9;1-5(2)8-4-6(3-7-8)9(10)11;5-2-1-8-4(7)9-3(2)6;1-4(2)3;7-6(8)3-1-4-5-2-3;1-3(2)4;4*1-2;;/h5-8H,1-4H3,(H,16,17,18);5-7H,1-4H3;5-7H,1-4H3;5-7H,10H2,1-4H3;3-4H,1-2H3;3-5H,1-2H3;1H;4H,1-3H3;1-2H,(H,4,5);3-4H,1-2H3;4*2H,1H3;2*1H4. The number of nitro groups is 5. The maximum Gasteiger partial charge on any atom is 0.326 e. The fourth-order valence-electron chi connectivity index (χ4n) is 7.18. The van der Waals surface area contributed by atoms with Crippen LogP contribution in [0.2, 0.25) is 30.9 Å². The van der Waals surface area contributed by atoms with Crippen molar-refractivity contribution < 1.29 is 49.9 Å². The number of sulfone groups is 3. The molecule has 0 aliphatic heterocycles. The summed E-state index contributed by atoms with van der Waals surface area (Å²) < 4.78 is 81.6. The molecule has 0 bridgehead atoms. The molecule has 0 fully saturated rings. The maximum absolute atomic E-state index is 12.5. The molecule has 9 rings (SSSR count). The number of thiol groups is 5. The van der Waals surface area contributed by atoms with E-state index in [0.29, 0.717) is 26.2 Å². The fraction of sp³-hybridized carbons (Fsp3) is 0.597. The summed E-state index contributed by atoms with van der Waals surface area (Å²) in [5, 5.41) is 84.0. The number of nitrogen functional groups attached to an aromatic ring is 1. The molecule has 0 saturated heterocycles. The molecule has 128 heavy (non-hydrogen) atoms. The van der Waals surface area contributed by atoms with Crippen molar-refractivity contribution in [2.24, 2.45) is 5.92 Å². The van der Waals surface area contributed by atoms with Crippen LogP contribution in [0.5, 0.6) is 0 Å². The van der Waals surface area contributed by atoms with Crippen LogP contribution in [-0.4, -0.2) is 190 Å². The number of anilines is 3. The molecule has 41 nitrogen and oxygen atoms in total. The van der Waals surface area contributed by atoms with Crippen molar-refractivity contribution >= 4 is 220 Å². The van der Waals surface area contributed by atoms with Crippen molar-refractivity contribution in [3.8, 4) is 0 Å². The van der Waals surface area contributed by atoms with Crippen LogP contribution < -0.4 is 11.1 Å². The van der Waals surface area contributed by atoms with Gasteiger partial charge in [0, 0.05) is 47.7 Å². The first-order valence-electron chi connectivity index (χ1n) is 37.3. The Morgan fingerprint density at radius 1 is 0.422 bits per heavy atom. The number of nitrogens with zero attached hydrogens (tertiary/aromatic N) is 22. The van der Waals surface area contributed by atoms with Gasteiger partial charge < -0.3 is 11.1 Å². The van der Waals surface area contributed by atoms with E-state index < -0.39 is 75.7 Å². The number of aromatic amines is 1. The molecule has 732 valence electrons. The van der Waals surface area contributed by atoms with Crippen molar-refractivity contribution in [2.45, 2.75) is 271 Å². The summed E-state index contributed by atoms with van der Waals surface area (Å²) in [5.41, 5.74) is 5.67. The maximum atomic E-state index is 12.5. The monoisotopic (exact) mass is 2100 g/mol. The second-order valence-electron chi connectivity index (χ2n) is 28.1. The minimum absolute atomic E-state index is 0. The second-order valence-corrected chi connectivity index (χ2v) is 40.1. The lowest BCUT2D eigenvalue weighted by Gasteiger charge is -2.09. The molecule has 0 radical (unpaired) electrons. The highest BCUT2D eigenvalue weighted by molar-refractivity contribution is 8.00. The molecule has 0 spiro atoms. The molecule has 9 heterocycles. The molecule has 0 aliphatic rings. The van der Waals surface area contributed by atoms with Gasteiger partial charge in [-0.2, -0.15) is 104 Å². The molecule has 0 aliphatic carbocycles. The largest absolute Gasteiger partial charge is 0.395 e. The Balaban J connectivity index is -0.000000258. The lowest BCUT2D eigenvalue weighted by Crippen LogP contribution is -2.16. The SMILES string of the molecule is C.C.CC(C)C.CC(C)S.CC(C)Sc1nn(C(C)C)cc1[N+](=O)[O-].CC(C)n1cc(N)c(S(=O)(=O)C(C)C)n1.CC(C)n1cc(Nc2nc(Cl)ncc2Cl)c(S(=O)(=O)C(C)C)n1.CC(C)n1cc([N+](=O)[O-])c(Cl)n1.CC(C)n1cc([N+](=O)[O-])c(S(=O)(=O)C(C)C)n1.CC(C)n1cc([N+](=O)[O-])cn1.CS.CS.CS.CS.Clc1ncc(Cl)c(Cl)n1.O=[N+]([O-])c1cn[nH]c1. The third-order valence-electron chi connectivity index (χ3n) is 13.4. The van der Waals surface area contributed by atoms with Gasteiger partial charge in [0.2, 0.25) is 50.3 Å². The van der Waals surface area contributed by atoms with Gasteiger partial charge in [-0.3, -0.25) is 83.8 Å². The van der Waals surface area contributed by atoms with E-state index >= 15 is 0 Å². The Kier molecular flexibility index (Phi) is 70.3. The number of nitrogens with one attached hydrogen (secondary N) is 2. The Labute approximate surface area is 813 Å². The van der Waals surface area contributed by atoms with E-state index in [1.165, 1.54) is 78.4 Å². The van der Waals surface area contributed by atoms with Crippen LogP contribution in [0.25, 0.3) is 0 Å². The number of aromatic nitrogens is 18. The molecule has 56 heteroatoms. The van der Waals surface area contributed by atoms with E-state index in [0.717, 1.165) is 18.3 Å². The van der Waals surface area contributed by atoms with Gasteiger partial charge >= 0.3 is 28.4 Å². The molecule has 9 aromatic heterocycles. The fourth-order valence-corrected chi connectivity index (χ4v) is 12.1. The minimum Gasteiger partial charge on any atom is -0.395 e. The zero-order chi connectivity index (χ0) is 99.8. The molecule has 4 N–H and O–H groups in total. The van der Waals surface area contributed by atoms with E-state index in [4.69, 9.17) is 75.3 Å². The van der Waals surface area contributed by atoms with Crippen molar-refractivity contribution in [2.75, 3.05) is 36.1 Å². The van der Waals surface area contributed by atoms with Gasteiger partial charge in [-0.1, -0.05) is 121 Å². The first-order valence-corrected chi connectivity index (χ1v) is 49.2. The quantitative estimate of drug-likeness (QED) is 0.00827. The van der Waals surface area contributed by atoms with Crippen molar-refractivity contribution in [3.63, 3.8) is 0 Å². The third-order valence-corrected chi connectivity index (χ3v) is 22.2. The number of H-pyrrole nitrogens is 1. The third kappa shape index (κ3) is 49.4. The van der Waals surface area contributed by atoms with Crippen molar-refractivity contribution in [1.82, 2.24) is 88.8 Å². The van der Waals surface area contributed by atoms with Gasteiger partial charge in [-0.05, 0) is 184 Å². The number of nitrogens with two attached hydrogens (primary N) is 1. The smallest absolute Gasteiger partial charge is 0.326 e.